The number of hydrogen-bond donors (Lipinski definition) is 1. The van der Waals surface area contributed by atoms with Crippen molar-refractivity contribution < 1.29 is 14.5 Å². The van der Waals surface area contributed by atoms with E-state index in [0.29, 0.717) is 55.9 Å². The molecule has 0 atom stereocenters. The van der Waals surface area contributed by atoms with Crippen LogP contribution in [0.15, 0.2) is 24.3 Å². The summed E-state index contributed by atoms with van der Waals surface area (Å²) in [6.07, 6.45) is -0.297. The van der Waals surface area contributed by atoms with Crippen molar-refractivity contribution in [1.29, 1.82) is 0 Å². The highest BCUT2D eigenvalue weighted by atomic mass is 35.5. The van der Waals surface area contributed by atoms with Crippen LogP contribution >= 0.6 is 11.6 Å². The molecular weight excluding hydrogens is 410 g/mol. The van der Waals surface area contributed by atoms with E-state index in [9.17, 15) is 14.9 Å². The number of pyridine rings is 1. The Morgan fingerprint density at radius 3 is 2.57 bits per heavy atom. The molecule has 1 aliphatic rings. The van der Waals surface area contributed by atoms with E-state index in [1.165, 1.54) is 0 Å². The van der Waals surface area contributed by atoms with Gasteiger partial charge in [-0.15, -0.1) is 0 Å². The molecule has 1 N–H and O–H groups in total. The molecule has 9 nitrogen and oxygen atoms in total. The number of fused-ring (bicyclic) bond motifs is 1. The normalized spacial score (nSPS) is 15.3. The number of ether oxygens (including phenoxy) is 1. The highest BCUT2D eigenvalue weighted by molar-refractivity contribution is 6.33. The number of aromatic nitrogens is 1. The highest BCUT2D eigenvalue weighted by Crippen LogP contribution is 2.37. The van der Waals surface area contributed by atoms with Gasteiger partial charge in [-0.2, -0.15) is 0 Å². The first-order valence-corrected chi connectivity index (χ1v) is 10.2. The van der Waals surface area contributed by atoms with Gasteiger partial charge in [0.2, 0.25) is 5.15 Å². The first kappa shape index (κ1) is 22.0. The second-order valence-electron chi connectivity index (χ2n) is 8.14. The van der Waals surface area contributed by atoms with Crippen LogP contribution in [0.1, 0.15) is 20.8 Å². The maximum atomic E-state index is 12.2. The third-order valence-corrected chi connectivity index (χ3v) is 5.02. The Morgan fingerprint density at radius 1 is 1.27 bits per heavy atom. The lowest BCUT2D eigenvalue weighted by atomic mass is 10.1. The zero-order valence-electron chi connectivity index (χ0n) is 17.4. The summed E-state index contributed by atoms with van der Waals surface area (Å²) in [6.45, 7) is 9.30. The number of para-hydroxylation sites is 1. The molecule has 1 fully saturated rings. The largest absolute Gasteiger partial charge is 0.444 e. The van der Waals surface area contributed by atoms with Gasteiger partial charge in [0.1, 0.15) is 11.3 Å². The van der Waals surface area contributed by atoms with Gasteiger partial charge in [-0.25, -0.2) is 9.78 Å². The van der Waals surface area contributed by atoms with E-state index in [0.717, 1.165) is 0 Å². The van der Waals surface area contributed by atoms with Crippen molar-refractivity contribution >= 4 is 40.0 Å². The number of piperazine rings is 1. The van der Waals surface area contributed by atoms with E-state index < -0.39 is 10.5 Å². The molecule has 0 aliphatic carbocycles. The minimum Gasteiger partial charge on any atom is -0.444 e. The average Bonchev–Trinajstić information content (AvgIpc) is 2.66. The van der Waals surface area contributed by atoms with Crippen molar-refractivity contribution in [3.63, 3.8) is 0 Å². The number of nitrogens with one attached hydrogen (secondary N) is 1. The molecule has 162 valence electrons. The summed E-state index contributed by atoms with van der Waals surface area (Å²) < 4.78 is 5.41. The zero-order valence-corrected chi connectivity index (χ0v) is 18.1. The molecule has 1 aliphatic heterocycles. The van der Waals surface area contributed by atoms with Crippen molar-refractivity contribution in [2.24, 2.45) is 0 Å². The Morgan fingerprint density at radius 2 is 1.93 bits per heavy atom. The van der Waals surface area contributed by atoms with Crippen molar-refractivity contribution in [2.75, 3.05) is 44.6 Å². The van der Waals surface area contributed by atoms with E-state index in [1.807, 2.05) is 32.9 Å². The molecule has 0 unspecified atom stereocenters. The number of nitrogens with zero attached hydrogens (tertiary/aromatic N) is 4. The summed E-state index contributed by atoms with van der Waals surface area (Å²) in [4.78, 5) is 31.2. The monoisotopic (exact) mass is 435 g/mol. The number of anilines is 1. The lowest BCUT2D eigenvalue weighted by Gasteiger charge is -2.35. The van der Waals surface area contributed by atoms with Crippen LogP contribution in [0.2, 0.25) is 5.15 Å². The standard InChI is InChI=1S/C20H26ClN5O4/c1-20(2,3)30-19(27)25-12-10-24(11-13-25)9-8-22-16-14-6-4-5-7-15(14)23-18(21)17(16)26(28)29/h4-7H,8-13H2,1-3H3,(H,22,23). The van der Waals surface area contributed by atoms with Crippen LogP contribution in [0, 0.1) is 10.1 Å². The summed E-state index contributed by atoms with van der Waals surface area (Å²) in [5.74, 6) is 0. The fourth-order valence-corrected chi connectivity index (χ4v) is 3.59. The van der Waals surface area contributed by atoms with E-state index in [2.05, 4.69) is 15.2 Å². The van der Waals surface area contributed by atoms with E-state index in [4.69, 9.17) is 16.3 Å². The van der Waals surface area contributed by atoms with Gasteiger partial charge in [0.25, 0.3) is 0 Å². The quantitative estimate of drug-likeness (QED) is 0.433. The third-order valence-electron chi connectivity index (χ3n) is 4.76. The number of halogens is 1. The summed E-state index contributed by atoms with van der Waals surface area (Å²) >= 11 is 6.07. The Balaban J connectivity index is 1.60. The number of hydrogen-bond acceptors (Lipinski definition) is 7. The SMILES string of the molecule is CC(C)(C)OC(=O)N1CCN(CCNc2c([N+](=O)[O-])c(Cl)nc3ccccc23)CC1. The van der Waals surface area contributed by atoms with E-state index in [1.54, 1.807) is 17.0 Å². The third kappa shape index (κ3) is 5.28. The molecule has 1 amide bonds. The Hall–Kier alpha value is -2.65. The molecule has 30 heavy (non-hydrogen) atoms. The fourth-order valence-electron chi connectivity index (χ4n) is 3.34. The van der Waals surface area contributed by atoms with Crippen LogP contribution < -0.4 is 5.32 Å². The number of carbonyl (C=O) groups excluding carboxylic acids is 1. The van der Waals surface area contributed by atoms with Crippen LogP contribution in [0.5, 0.6) is 0 Å². The van der Waals surface area contributed by atoms with Crippen LogP contribution in [-0.2, 0) is 4.74 Å². The number of rotatable bonds is 5. The predicted octanol–water partition coefficient (Wildman–Crippen LogP) is 3.76. The number of amides is 1. The van der Waals surface area contributed by atoms with Gasteiger partial charge in [0.05, 0.1) is 10.4 Å². The maximum absolute atomic E-state index is 12.2. The first-order chi connectivity index (χ1) is 14.2. The van der Waals surface area contributed by atoms with E-state index in [-0.39, 0.29) is 16.9 Å². The molecule has 0 radical (unpaired) electrons. The van der Waals surface area contributed by atoms with Crippen molar-refractivity contribution in [1.82, 2.24) is 14.8 Å². The molecule has 0 saturated carbocycles. The van der Waals surface area contributed by atoms with E-state index >= 15 is 0 Å². The second kappa shape index (κ2) is 9.01. The number of nitro groups is 1. The zero-order chi connectivity index (χ0) is 21.9. The van der Waals surface area contributed by atoms with Gasteiger partial charge in [-0.1, -0.05) is 29.8 Å². The molecule has 1 aromatic carbocycles. The summed E-state index contributed by atoms with van der Waals surface area (Å²) in [5.41, 5.74) is 0.247. The van der Waals surface area contributed by atoms with Gasteiger partial charge < -0.3 is 15.0 Å². The first-order valence-electron chi connectivity index (χ1n) is 9.82. The molecule has 0 spiro atoms. The second-order valence-corrected chi connectivity index (χ2v) is 8.49. The summed E-state index contributed by atoms with van der Waals surface area (Å²) in [7, 11) is 0. The van der Waals surface area contributed by atoms with Crippen LogP contribution in [0.25, 0.3) is 10.9 Å². The molecular formula is C20H26ClN5O4. The lowest BCUT2D eigenvalue weighted by Crippen LogP contribution is -2.50. The predicted molar refractivity (Wildman–Crippen MR) is 116 cm³/mol. The van der Waals surface area contributed by atoms with Gasteiger partial charge in [-0.05, 0) is 26.8 Å². The van der Waals surface area contributed by atoms with Gasteiger partial charge >= 0.3 is 11.8 Å². The molecule has 1 aromatic heterocycles. The Bertz CT molecular complexity index is 939. The van der Waals surface area contributed by atoms with Crippen molar-refractivity contribution in [3.05, 3.63) is 39.5 Å². The lowest BCUT2D eigenvalue weighted by molar-refractivity contribution is -0.384. The molecule has 0 bridgehead atoms. The van der Waals surface area contributed by atoms with Crippen molar-refractivity contribution in [3.8, 4) is 0 Å². The molecule has 3 rings (SSSR count). The maximum Gasteiger partial charge on any atom is 0.410 e. The molecule has 2 aromatic rings. The number of benzene rings is 1. The van der Waals surface area contributed by atoms with Gasteiger partial charge in [0, 0.05) is 44.7 Å². The highest BCUT2D eigenvalue weighted by Gasteiger charge is 2.26. The summed E-state index contributed by atoms with van der Waals surface area (Å²) in [5, 5.41) is 15.2. The minimum absolute atomic E-state index is 0.132. The Labute approximate surface area is 180 Å². The number of carbonyl (C=O) groups is 1. The average molecular weight is 436 g/mol. The van der Waals surface area contributed by atoms with Crippen LogP contribution in [0.4, 0.5) is 16.2 Å². The summed E-state index contributed by atoms with van der Waals surface area (Å²) in [6, 6.07) is 7.17. The Kier molecular flexibility index (Phi) is 6.62. The van der Waals surface area contributed by atoms with Crippen molar-refractivity contribution in [2.45, 2.75) is 26.4 Å². The van der Waals surface area contributed by atoms with Crippen LogP contribution in [-0.4, -0.2) is 70.7 Å². The minimum atomic E-state index is -0.512. The molecule has 10 heteroatoms. The molecule has 1 saturated heterocycles. The topological polar surface area (TPSA) is 101 Å². The fraction of sp³-hybridized carbons (Fsp3) is 0.500. The van der Waals surface area contributed by atoms with Gasteiger partial charge in [0.15, 0.2) is 0 Å². The van der Waals surface area contributed by atoms with Crippen LogP contribution in [0.3, 0.4) is 0 Å². The molecule has 2 heterocycles. The van der Waals surface area contributed by atoms with Gasteiger partial charge in [-0.3, -0.25) is 15.0 Å². The smallest absolute Gasteiger partial charge is 0.410 e.